The Bertz CT molecular complexity index is 735. The Morgan fingerprint density at radius 3 is 2.50 bits per heavy atom. The summed E-state index contributed by atoms with van der Waals surface area (Å²) < 4.78 is 0. The van der Waals surface area contributed by atoms with E-state index >= 15 is 0 Å². The van der Waals surface area contributed by atoms with Crippen LogP contribution in [0.4, 0.5) is 11.6 Å². The molecule has 0 saturated carbocycles. The number of H-pyrrole nitrogens is 1. The molecule has 0 amide bonds. The minimum atomic E-state index is -0.422. The van der Waals surface area contributed by atoms with Crippen LogP contribution in [-0.2, 0) is 0 Å². The third kappa shape index (κ3) is 7.04. The normalized spacial score (nSPS) is 10.3. The van der Waals surface area contributed by atoms with Crippen LogP contribution in [0.3, 0.4) is 0 Å². The molecule has 0 radical (unpaired) electrons. The molecule has 2 aromatic rings. The van der Waals surface area contributed by atoms with Gasteiger partial charge in [-0.05, 0) is 37.5 Å². The van der Waals surface area contributed by atoms with Gasteiger partial charge < -0.3 is 4.90 Å². The first-order chi connectivity index (χ1) is 12.6. The van der Waals surface area contributed by atoms with E-state index in [9.17, 15) is 4.79 Å². The van der Waals surface area contributed by atoms with Crippen LogP contribution in [0.25, 0.3) is 0 Å². The Labute approximate surface area is 155 Å². The molecule has 0 atom stereocenters. The van der Waals surface area contributed by atoms with Crippen molar-refractivity contribution < 1.29 is 0 Å². The topological polar surface area (TPSA) is 86.3 Å². The summed E-state index contributed by atoms with van der Waals surface area (Å²) in [6.45, 7) is 11.8. The maximum atomic E-state index is 11.8. The van der Waals surface area contributed by atoms with E-state index < -0.39 is 5.69 Å². The van der Waals surface area contributed by atoms with Crippen LogP contribution in [0.1, 0.15) is 51.9 Å². The Balaban J connectivity index is 0.00000163. The highest BCUT2D eigenvalue weighted by molar-refractivity contribution is 5.75. The molecule has 1 aromatic carbocycles. The number of aromatic nitrogens is 3. The van der Waals surface area contributed by atoms with E-state index in [1.165, 1.54) is 6.21 Å². The Hall–Kier alpha value is -2.70. The number of nitrogens with zero attached hydrogens (tertiary/aromatic N) is 4. The quantitative estimate of drug-likeness (QED) is 0.556. The fourth-order valence-electron chi connectivity index (χ4n) is 2.33. The average Bonchev–Trinajstić information content (AvgIpc) is 2.63. The van der Waals surface area contributed by atoms with Crippen molar-refractivity contribution in [2.24, 2.45) is 5.10 Å². The number of aryl methyl sites for hydroxylation is 1. The number of hydrogen-bond donors (Lipinski definition) is 2. The van der Waals surface area contributed by atoms with Crippen LogP contribution in [-0.4, -0.2) is 34.3 Å². The number of nitrogens with one attached hydrogen (secondary N) is 2. The van der Waals surface area contributed by atoms with E-state index in [1.54, 1.807) is 0 Å². The highest BCUT2D eigenvalue weighted by Gasteiger charge is 2.09. The van der Waals surface area contributed by atoms with Crippen molar-refractivity contribution in [2.75, 3.05) is 23.4 Å². The minimum Gasteiger partial charge on any atom is -0.341 e. The second kappa shape index (κ2) is 11.8. The van der Waals surface area contributed by atoms with Crippen LogP contribution in [0, 0.1) is 6.92 Å². The highest BCUT2D eigenvalue weighted by atomic mass is 16.1. The molecule has 0 spiro atoms. The van der Waals surface area contributed by atoms with Crippen molar-refractivity contribution in [3.8, 4) is 0 Å². The Kier molecular flexibility index (Phi) is 9.67. The van der Waals surface area contributed by atoms with Crippen LogP contribution >= 0.6 is 0 Å². The van der Waals surface area contributed by atoms with E-state index in [-0.39, 0.29) is 0 Å². The first-order valence-electron chi connectivity index (χ1n) is 9.21. The third-order valence-corrected chi connectivity index (χ3v) is 3.33. The van der Waals surface area contributed by atoms with E-state index in [0.717, 1.165) is 37.2 Å². The summed E-state index contributed by atoms with van der Waals surface area (Å²) in [4.78, 5) is 24.8. The van der Waals surface area contributed by atoms with Gasteiger partial charge in [0.05, 0.1) is 11.9 Å². The summed E-state index contributed by atoms with van der Waals surface area (Å²) in [6, 6.07) is 7.86. The summed E-state index contributed by atoms with van der Waals surface area (Å²) in [7, 11) is 0. The van der Waals surface area contributed by atoms with Gasteiger partial charge in [0.15, 0.2) is 5.82 Å². The van der Waals surface area contributed by atoms with E-state index in [2.05, 4.69) is 39.3 Å². The third-order valence-electron chi connectivity index (χ3n) is 3.33. The number of aromatic amines is 1. The molecule has 1 aromatic heterocycles. The van der Waals surface area contributed by atoms with Gasteiger partial charge in [-0.2, -0.15) is 15.1 Å². The second-order valence-corrected chi connectivity index (χ2v) is 5.57. The lowest BCUT2D eigenvalue weighted by Gasteiger charge is -2.20. The molecule has 1 heterocycles. The van der Waals surface area contributed by atoms with E-state index in [1.807, 2.05) is 49.9 Å². The van der Waals surface area contributed by atoms with Crippen LogP contribution in [0.2, 0.25) is 0 Å². The lowest BCUT2D eigenvalue weighted by atomic mass is 10.2. The van der Waals surface area contributed by atoms with Gasteiger partial charge in [-0.3, -0.25) is 10.4 Å². The average molecular weight is 358 g/mol. The van der Waals surface area contributed by atoms with Gasteiger partial charge in [0.1, 0.15) is 0 Å². The standard InChI is InChI=1S/C17H24N6O.C2H6/c1-4-9-23(10-5-2)16-19-15(20-17(24)21-16)12-18-22-14-8-6-7-13(3)11-14;1-2/h6-8,11-12,22H,4-5,9-10H2,1-3H3,(H,19,20,21,24);1-2H3/b18-12+;. The van der Waals surface area contributed by atoms with Crippen molar-refractivity contribution >= 4 is 17.9 Å². The molecule has 0 aliphatic rings. The minimum absolute atomic E-state index is 0.377. The van der Waals surface area contributed by atoms with Gasteiger partial charge in [0.25, 0.3) is 0 Å². The molecule has 0 bridgehead atoms. The maximum absolute atomic E-state index is 11.8. The SMILES string of the molecule is CC.CCCN(CCC)c1nc(/C=N/Nc2cccc(C)c2)[nH]c(=O)n1. The molecule has 7 heteroatoms. The molecule has 0 unspecified atom stereocenters. The van der Waals surface area contributed by atoms with Crippen LogP contribution in [0.5, 0.6) is 0 Å². The summed E-state index contributed by atoms with van der Waals surface area (Å²) >= 11 is 0. The van der Waals surface area contributed by atoms with Crippen LogP contribution < -0.4 is 16.0 Å². The van der Waals surface area contributed by atoms with Gasteiger partial charge in [-0.25, -0.2) is 4.79 Å². The molecule has 0 aliphatic carbocycles. The zero-order chi connectivity index (χ0) is 19.4. The summed E-state index contributed by atoms with van der Waals surface area (Å²) in [5.41, 5.74) is 4.52. The van der Waals surface area contributed by atoms with E-state index in [4.69, 9.17) is 0 Å². The number of benzene rings is 1. The number of hydrogen-bond acceptors (Lipinski definition) is 6. The summed E-state index contributed by atoms with van der Waals surface area (Å²) in [5.74, 6) is 0.821. The van der Waals surface area contributed by atoms with Gasteiger partial charge in [0, 0.05) is 13.1 Å². The summed E-state index contributed by atoms with van der Waals surface area (Å²) in [6.07, 6.45) is 3.42. The zero-order valence-electron chi connectivity index (χ0n) is 16.4. The van der Waals surface area contributed by atoms with Crippen molar-refractivity contribution in [2.45, 2.75) is 47.5 Å². The lowest BCUT2D eigenvalue weighted by Crippen LogP contribution is -2.30. The zero-order valence-corrected chi connectivity index (χ0v) is 16.4. The van der Waals surface area contributed by atoms with Crippen molar-refractivity contribution in [1.29, 1.82) is 0 Å². The number of hydrazone groups is 1. The molecular weight excluding hydrogens is 328 g/mol. The monoisotopic (exact) mass is 358 g/mol. The largest absolute Gasteiger partial charge is 0.349 e. The Morgan fingerprint density at radius 2 is 1.88 bits per heavy atom. The van der Waals surface area contributed by atoms with Gasteiger partial charge in [0.2, 0.25) is 5.95 Å². The van der Waals surface area contributed by atoms with E-state index in [0.29, 0.717) is 11.8 Å². The molecule has 2 rings (SSSR count). The Morgan fingerprint density at radius 1 is 1.19 bits per heavy atom. The van der Waals surface area contributed by atoms with Crippen LogP contribution in [0.15, 0.2) is 34.2 Å². The van der Waals surface area contributed by atoms with Gasteiger partial charge in [-0.15, -0.1) is 0 Å². The molecular formula is C19H30N6O. The second-order valence-electron chi connectivity index (χ2n) is 5.57. The fourth-order valence-corrected chi connectivity index (χ4v) is 2.33. The first kappa shape index (κ1) is 21.3. The van der Waals surface area contributed by atoms with Gasteiger partial charge in [-0.1, -0.05) is 39.8 Å². The van der Waals surface area contributed by atoms with Crippen molar-refractivity contribution in [1.82, 2.24) is 15.0 Å². The van der Waals surface area contributed by atoms with Gasteiger partial charge >= 0.3 is 5.69 Å². The predicted octanol–water partition coefficient (Wildman–Crippen LogP) is 3.57. The number of rotatable bonds is 8. The molecule has 0 aliphatic heterocycles. The summed E-state index contributed by atoms with van der Waals surface area (Å²) in [5, 5.41) is 4.13. The first-order valence-corrected chi connectivity index (χ1v) is 9.21. The van der Waals surface area contributed by atoms with Crippen molar-refractivity contribution in [3.63, 3.8) is 0 Å². The van der Waals surface area contributed by atoms with Crippen molar-refractivity contribution in [3.05, 3.63) is 46.1 Å². The molecule has 2 N–H and O–H groups in total. The molecule has 26 heavy (non-hydrogen) atoms. The molecule has 0 fully saturated rings. The molecule has 7 nitrogen and oxygen atoms in total. The highest BCUT2D eigenvalue weighted by Crippen LogP contribution is 2.09. The fraction of sp³-hybridized carbons (Fsp3) is 0.474. The number of anilines is 2. The molecule has 142 valence electrons. The predicted molar refractivity (Wildman–Crippen MR) is 109 cm³/mol. The lowest BCUT2D eigenvalue weighted by molar-refractivity contribution is 0.712. The smallest absolute Gasteiger partial charge is 0.341 e. The molecule has 0 saturated heterocycles. The maximum Gasteiger partial charge on any atom is 0.349 e.